The monoisotopic (exact) mass is 276 g/mol. The van der Waals surface area contributed by atoms with Crippen LogP contribution in [0.15, 0.2) is 24.3 Å². The standard InChI is InChI=1S/C15H20N2O3/c1-12-4-2-5-13(10-12)20-9-3-6-15(19)17-8-7-16-14(18)11-17/h2,4-5,10H,3,6-9,11H2,1H3,(H,16,18). The van der Waals surface area contributed by atoms with Crippen molar-refractivity contribution in [2.75, 3.05) is 26.2 Å². The first kappa shape index (κ1) is 14.4. The molecule has 0 atom stereocenters. The molecule has 108 valence electrons. The number of aryl methyl sites for hydroxylation is 1. The highest BCUT2D eigenvalue weighted by atomic mass is 16.5. The highest BCUT2D eigenvalue weighted by Crippen LogP contribution is 2.13. The van der Waals surface area contributed by atoms with Crippen LogP contribution in [0.4, 0.5) is 0 Å². The number of carbonyl (C=O) groups is 2. The van der Waals surface area contributed by atoms with E-state index in [2.05, 4.69) is 5.32 Å². The van der Waals surface area contributed by atoms with E-state index >= 15 is 0 Å². The third-order valence-corrected chi connectivity index (χ3v) is 3.18. The molecule has 1 N–H and O–H groups in total. The van der Waals surface area contributed by atoms with Crippen LogP contribution < -0.4 is 10.1 Å². The lowest BCUT2D eigenvalue weighted by Crippen LogP contribution is -2.49. The van der Waals surface area contributed by atoms with Gasteiger partial charge >= 0.3 is 0 Å². The molecule has 0 aliphatic carbocycles. The van der Waals surface area contributed by atoms with Gasteiger partial charge in [0, 0.05) is 19.5 Å². The normalized spacial score (nSPS) is 14.8. The summed E-state index contributed by atoms with van der Waals surface area (Å²) in [6.07, 6.45) is 1.07. The van der Waals surface area contributed by atoms with Crippen molar-refractivity contribution in [3.05, 3.63) is 29.8 Å². The van der Waals surface area contributed by atoms with Crippen molar-refractivity contribution in [3.63, 3.8) is 0 Å². The molecule has 20 heavy (non-hydrogen) atoms. The Kier molecular flexibility index (Phi) is 4.98. The maximum absolute atomic E-state index is 11.9. The van der Waals surface area contributed by atoms with Crippen LogP contribution >= 0.6 is 0 Å². The van der Waals surface area contributed by atoms with Crippen LogP contribution in [0.1, 0.15) is 18.4 Å². The SMILES string of the molecule is Cc1cccc(OCCCC(=O)N2CCNC(=O)C2)c1. The van der Waals surface area contributed by atoms with E-state index in [-0.39, 0.29) is 18.4 Å². The van der Waals surface area contributed by atoms with Gasteiger partial charge < -0.3 is 15.0 Å². The number of carbonyl (C=O) groups excluding carboxylic acids is 2. The summed E-state index contributed by atoms with van der Waals surface area (Å²) in [6.45, 7) is 3.85. The molecule has 1 fully saturated rings. The van der Waals surface area contributed by atoms with Crippen molar-refractivity contribution in [3.8, 4) is 5.75 Å². The quantitative estimate of drug-likeness (QED) is 0.820. The molecule has 1 aromatic rings. The van der Waals surface area contributed by atoms with Gasteiger partial charge in [-0.1, -0.05) is 12.1 Å². The fraction of sp³-hybridized carbons (Fsp3) is 0.467. The largest absolute Gasteiger partial charge is 0.494 e. The van der Waals surface area contributed by atoms with Crippen molar-refractivity contribution >= 4 is 11.8 Å². The molecule has 2 amide bonds. The fourth-order valence-electron chi connectivity index (χ4n) is 2.13. The van der Waals surface area contributed by atoms with Gasteiger partial charge in [0.2, 0.25) is 11.8 Å². The first-order valence-corrected chi connectivity index (χ1v) is 6.89. The summed E-state index contributed by atoms with van der Waals surface area (Å²) in [4.78, 5) is 24.7. The summed E-state index contributed by atoms with van der Waals surface area (Å²) in [5.41, 5.74) is 1.15. The van der Waals surface area contributed by atoms with Gasteiger partial charge in [0.05, 0.1) is 13.2 Å². The molecular formula is C15H20N2O3. The lowest BCUT2D eigenvalue weighted by atomic mass is 10.2. The van der Waals surface area contributed by atoms with E-state index in [4.69, 9.17) is 4.74 Å². The van der Waals surface area contributed by atoms with E-state index in [1.807, 2.05) is 31.2 Å². The number of benzene rings is 1. The molecule has 5 nitrogen and oxygen atoms in total. The number of hydrogen-bond acceptors (Lipinski definition) is 3. The first-order chi connectivity index (χ1) is 9.65. The Hall–Kier alpha value is -2.04. The van der Waals surface area contributed by atoms with E-state index < -0.39 is 0 Å². The highest BCUT2D eigenvalue weighted by molar-refractivity contribution is 5.85. The number of piperazine rings is 1. The van der Waals surface area contributed by atoms with E-state index in [0.717, 1.165) is 11.3 Å². The van der Waals surface area contributed by atoms with Gasteiger partial charge in [0.15, 0.2) is 0 Å². The van der Waals surface area contributed by atoms with Gasteiger partial charge in [0.1, 0.15) is 5.75 Å². The molecule has 1 aliphatic heterocycles. The molecule has 5 heteroatoms. The molecule has 1 heterocycles. The lowest BCUT2D eigenvalue weighted by molar-refractivity contribution is -0.138. The second kappa shape index (κ2) is 6.93. The molecule has 0 saturated carbocycles. The Morgan fingerprint density at radius 1 is 1.45 bits per heavy atom. The number of ether oxygens (including phenoxy) is 1. The third-order valence-electron chi connectivity index (χ3n) is 3.18. The predicted molar refractivity (Wildman–Crippen MR) is 75.5 cm³/mol. The summed E-state index contributed by atoms with van der Waals surface area (Å²) in [5, 5.41) is 2.70. The predicted octanol–water partition coefficient (Wildman–Crippen LogP) is 1.11. The Balaban J connectivity index is 1.68. The van der Waals surface area contributed by atoms with E-state index in [1.54, 1.807) is 4.90 Å². The Bertz CT molecular complexity index is 488. The van der Waals surface area contributed by atoms with E-state index in [9.17, 15) is 9.59 Å². The molecular weight excluding hydrogens is 256 g/mol. The van der Waals surface area contributed by atoms with Crippen LogP contribution in [0.3, 0.4) is 0 Å². The second-order valence-corrected chi connectivity index (χ2v) is 4.93. The molecule has 0 spiro atoms. The lowest BCUT2D eigenvalue weighted by Gasteiger charge is -2.26. The minimum absolute atomic E-state index is 0.0210. The van der Waals surface area contributed by atoms with Gasteiger partial charge in [-0.05, 0) is 31.0 Å². The van der Waals surface area contributed by atoms with Gasteiger partial charge in [-0.15, -0.1) is 0 Å². The van der Waals surface area contributed by atoms with Crippen LogP contribution in [0.25, 0.3) is 0 Å². The van der Waals surface area contributed by atoms with E-state index in [0.29, 0.717) is 32.5 Å². The molecule has 0 bridgehead atoms. The molecule has 0 unspecified atom stereocenters. The van der Waals surface area contributed by atoms with Crippen LogP contribution in [0.5, 0.6) is 5.75 Å². The van der Waals surface area contributed by atoms with Crippen molar-refractivity contribution in [2.45, 2.75) is 19.8 Å². The third kappa shape index (κ3) is 4.26. The highest BCUT2D eigenvalue weighted by Gasteiger charge is 2.20. The van der Waals surface area contributed by atoms with Crippen LogP contribution in [-0.4, -0.2) is 43.0 Å². The number of nitrogens with one attached hydrogen (secondary N) is 1. The molecule has 1 saturated heterocycles. The zero-order valence-corrected chi connectivity index (χ0v) is 11.7. The zero-order valence-electron chi connectivity index (χ0n) is 11.7. The summed E-state index contributed by atoms with van der Waals surface area (Å²) >= 11 is 0. The molecule has 0 radical (unpaired) electrons. The van der Waals surface area contributed by atoms with Crippen LogP contribution in [0.2, 0.25) is 0 Å². The van der Waals surface area contributed by atoms with Crippen molar-refractivity contribution in [2.24, 2.45) is 0 Å². The van der Waals surface area contributed by atoms with Crippen molar-refractivity contribution in [1.82, 2.24) is 10.2 Å². The van der Waals surface area contributed by atoms with Gasteiger partial charge in [-0.25, -0.2) is 0 Å². The van der Waals surface area contributed by atoms with Gasteiger partial charge in [0.25, 0.3) is 0 Å². The average Bonchev–Trinajstić information content (AvgIpc) is 2.43. The van der Waals surface area contributed by atoms with Gasteiger partial charge in [-0.2, -0.15) is 0 Å². The average molecular weight is 276 g/mol. The summed E-state index contributed by atoms with van der Waals surface area (Å²) in [5.74, 6) is 0.767. The number of nitrogens with zero attached hydrogens (tertiary/aromatic N) is 1. The first-order valence-electron chi connectivity index (χ1n) is 6.89. The maximum atomic E-state index is 11.9. The summed E-state index contributed by atoms with van der Waals surface area (Å²) in [7, 11) is 0. The maximum Gasteiger partial charge on any atom is 0.239 e. The minimum atomic E-state index is -0.0828. The summed E-state index contributed by atoms with van der Waals surface area (Å²) < 4.78 is 5.60. The Labute approximate surface area is 118 Å². The number of rotatable bonds is 5. The van der Waals surface area contributed by atoms with E-state index in [1.165, 1.54) is 0 Å². The minimum Gasteiger partial charge on any atom is -0.494 e. The van der Waals surface area contributed by atoms with Gasteiger partial charge in [-0.3, -0.25) is 9.59 Å². The number of hydrogen-bond donors (Lipinski definition) is 1. The zero-order chi connectivity index (χ0) is 14.4. The smallest absolute Gasteiger partial charge is 0.239 e. The Morgan fingerprint density at radius 2 is 2.30 bits per heavy atom. The van der Waals surface area contributed by atoms with Crippen LogP contribution in [-0.2, 0) is 9.59 Å². The van der Waals surface area contributed by atoms with Crippen molar-refractivity contribution < 1.29 is 14.3 Å². The summed E-state index contributed by atoms with van der Waals surface area (Å²) in [6, 6.07) is 7.83. The number of amides is 2. The van der Waals surface area contributed by atoms with Crippen LogP contribution in [0, 0.1) is 6.92 Å². The molecule has 1 aromatic carbocycles. The van der Waals surface area contributed by atoms with Crippen molar-refractivity contribution in [1.29, 1.82) is 0 Å². The fourth-order valence-corrected chi connectivity index (χ4v) is 2.13. The second-order valence-electron chi connectivity index (χ2n) is 4.93. The molecule has 2 rings (SSSR count). The topological polar surface area (TPSA) is 58.6 Å². The Morgan fingerprint density at radius 3 is 3.05 bits per heavy atom. The molecule has 1 aliphatic rings. The molecule has 0 aromatic heterocycles.